The number of aromatic hydroxyl groups is 1. The molecule has 1 aromatic carbocycles. The predicted octanol–water partition coefficient (Wildman–Crippen LogP) is 3.44. The van der Waals surface area contributed by atoms with E-state index in [-0.39, 0.29) is 28.9 Å². The zero-order valence-corrected chi connectivity index (χ0v) is 16.1. The third kappa shape index (κ3) is 3.41. The Bertz CT molecular complexity index is 845. The summed E-state index contributed by atoms with van der Waals surface area (Å²) in [6.45, 7) is 5.94. The number of halogens is 1. The number of Topliss-reactive ketones (excluding diaryl/α,β-unsaturated/α-hetero) is 1. The number of ether oxygens (including phenoxy) is 2. The lowest BCUT2D eigenvalue weighted by Crippen LogP contribution is -2.41. The number of allylic oxidation sites excluding steroid dienone is 2. The standard InChI is InChI=1S/C20H22ClNO5/c1-4-27-20(25)16-10(2)22-13-6-5-7-14(23)18(13)17(16)11-8-12(21)19(24)15(9-11)26-3/h8-9,16-17,22,24H,2,4-7H2,1,3H3. The monoisotopic (exact) mass is 391 g/mol. The fourth-order valence-electron chi connectivity index (χ4n) is 3.79. The SMILES string of the molecule is C=C1NC2=C(C(=O)CCC2)C(c2cc(Cl)c(O)c(OC)c2)C1C(=O)OCC. The minimum absolute atomic E-state index is 0.0151. The number of methoxy groups -OCH3 is 1. The van der Waals surface area contributed by atoms with Crippen LogP contribution in [-0.4, -0.2) is 30.6 Å². The second-order valence-corrected chi connectivity index (χ2v) is 6.99. The fraction of sp³-hybridized carbons (Fsp3) is 0.400. The molecule has 1 heterocycles. The summed E-state index contributed by atoms with van der Waals surface area (Å²) in [4.78, 5) is 25.5. The molecule has 3 rings (SSSR count). The van der Waals surface area contributed by atoms with Crippen LogP contribution in [0.2, 0.25) is 5.02 Å². The molecule has 6 nitrogen and oxygen atoms in total. The lowest BCUT2D eigenvalue weighted by atomic mass is 9.71. The number of carbonyl (C=O) groups excluding carboxylic acids is 2. The van der Waals surface area contributed by atoms with Crippen molar-refractivity contribution in [2.24, 2.45) is 5.92 Å². The molecule has 1 aliphatic carbocycles. The van der Waals surface area contributed by atoms with Crippen LogP contribution in [0.3, 0.4) is 0 Å². The number of rotatable bonds is 4. The molecule has 0 aromatic heterocycles. The molecule has 1 aliphatic heterocycles. The maximum absolute atomic E-state index is 12.8. The van der Waals surface area contributed by atoms with Crippen molar-refractivity contribution in [3.8, 4) is 11.5 Å². The van der Waals surface area contributed by atoms with E-state index in [1.54, 1.807) is 19.1 Å². The second kappa shape index (κ2) is 7.64. The van der Waals surface area contributed by atoms with E-state index in [4.69, 9.17) is 21.1 Å². The van der Waals surface area contributed by atoms with Gasteiger partial charge in [-0.1, -0.05) is 18.2 Å². The molecule has 2 aliphatic rings. The van der Waals surface area contributed by atoms with Gasteiger partial charge in [-0.05, 0) is 37.5 Å². The summed E-state index contributed by atoms with van der Waals surface area (Å²) in [5.74, 6) is -1.88. The van der Waals surface area contributed by atoms with Gasteiger partial charge in [-0.3, -0.25) is 9.59 Å². The number of hydrogen-bond acceptors (Lipinski definition) is 6. The topological polar surface area (TPSA) is 84.9 Å². The lowest BCUT2D eigenvalue weighted by molar-refractivity contribution is -0.147. The average Bonchev–Trinajstić information content (AvgIpc) is 2.63. The lowest BCUT2D eigenvalue weighted by Gasteiger charge is -2.38. The highest BCUT2D eigenvalue weighted by atomic mass is 35.5. The molecule has 0 amide bonds. The molecule has 2 atom stereocenters. The van der Waals surface area contributed by atoms with Crippen LogP contribution < -0.4 is 10.1 Å². The number of phenols is 1. The van der Waals surface area contributed by atoms with Crippen LogP contribution in [0.1, 0.15) is 37.7 Å². The van der Waals surface area contributed by atoms with E-state index in [0.717, 1.165) is 12.1 Å². The normalized spacial score (nSPS) is 22.2. The fourth-order valence-corrected chi connectivity index (χ4v) is 4.01. The van der Waals surface area contributed by atoms with Crippen molar-refractivity contribution in [1.82, 2.24) is 5.32 Å². The number of ketones is 1. The van der Waals surface area contributed by atoms with E-state index < -0.39 is 17.8 Å². The Kier molecular flexibility index (Phi) is 5.46. The van der Waals surface area contributed by atoms with Crippen molar-refractivity contribution in [3.05, 3.63) is 46.3 Å². The Labute approximate surface area is 162 Å². The molecule has 7 heteroatoms. The molecule has 2 N–H and O–H groups in total. The highest BCUT2D eigenvalue weighted by Crippen LogP contribution is 2.47. The number of benzene rings is 1. The summed E-state index contributed by atoms with van der Waals surface area (Å²) in [6, 6.07) is 3.16. The first-order valence-corrected chi connectivity index (χ1v) is 9.21. The Morgan fingerprint density at radius 2 is 2.15 bits per heavy atom. The van der Waals surface area contributed by atoms with Crippen LogP contribution in [0.25, 0.3) is 0 Å². The first-order valence-electron chi connectivity index (χ1n) is 8.84. The van der Waals surface area contributed by atoms with Crippen molar-refractivity contribution in [1.29, 1.82) is 0 Å². The van der Waals surface area contributed by atoms with Crippen molar-refractivity contribution < 1.29 is 24.2 Å². The summed E-state index contributed by atoms with van der Waals surface area (Å²) >= 11 is 6.17. The molecule has 0 saturated carbocycles. The minimum atomic E-state index is -0.781. The van der Waals surface area contributed by atoms with Gasteiger partial charge in [0, 0.05) is 29.3 Å². The molecule has 144 valence electrons. The van der Waals surface area contributed by atoms with Gasteiger partial charge in [0.05, 0.1) is 18.7 Å². The quantitative estimate of drug-likeness (QED) is 0.765. The van der Waals surface area contributed by atoms with Crippen LogP contribution in [-0.2, 0) is 14.3 Å². The molecule has 0 fully saturated rings. The van der Waals surface area contributed by atoms with Gasteiger partial charge in [0.1, 0.15) is 5.92 Å². The number of hydrogen-bond donors (Lipinski definition) is 2. The van der Waals surface area contributed by atoms with E-state index in [1.807, 2.05) is 0 Å². The van der Waals surface area contributed by atoms with E-state index in [0.29, 0.717) is 29.7 Å². The number of phenolic OH excluding ortho intramolecular Hbond substituents is 1. The number of carbonyl (C=O) groups is 2. The maximum Gasteiger partial charge on any atom is 0.315 e. The van der Waals surface area contributed by atoms with Gasteiger partial charge in [0.15, 0.2) is 17.3 Å². The van der Waals surface area contributed by atoms with E-state index in [1.165, 1.54) is 7.11 Å². The van der Waals surface area contributed by atoms with Gasteiger partial charge in [0.2, 0.25) is 0 Å². The summed E-state index contributed by atoms with van der Waals surface area (Å²) < 4.78 is 10.4. The minimum Gasteiger partial charge on any atom is -0.503 e. The van der Waals surface area contributed by atoms with Crippen molar-refractivity contribution in [2.45, 2.75) is 32.1 Å². The molecule has 0 saturated heterocycles. The average molecular weight is 392 g/mol. The van der Waals surface area contributed by atoms with Gasteiger partial charge >= 0.3 is 5.97 Å². The highest BCUT2D eigenvalue weighted by Gasteiger charge is 2.44. The van der Waals surface area contributed by atoms with Crippen LogP contribution in [0, 0.1) is 5.92 Å². The van der Waals surface area contributed by atoms with Crippen LogP contribution in [0.4, 0.5) is 0 Å². The Morgan fingerprint density at radius 3 is 2.81 bits per heavy atom. The van der Waals surface area contributed by atoms with Crippen LogP contribution >= 0.6 is 11.6 Å². The largest absolute Gasteiger partial charge is 0.503 e. The molecular formula is C20H22ClNO5. The third-order valence-corrected chi connectivity index (χ3v) is 5.25. The maximum atomic E-state index is 12.8. The third-order valence-electron chi connectivity index (χ3n) is 4.96. The van der Waals surface area contributed by atoms with Gasteiger partial charge in [-0.25, -0.2) is 0 Å². The molecule has 0 radical (unpaired) electrons. The predicted molar refractivity (Wildman–Crippen MR) is 101 cm³/mol. The van der Waals surface area contributed by atoms with Crippen molar-refractivity contribution >= 4 is 23.4 Å². The van der Waals surface area contributed by atoms with E-state index in [2.05, 4.69) is 11.9 Å². The second-order valence-electron chi connectivity index (χ2n) is 6.58. The molecule has 0 bridgehead atoms. The Hall–Kier alpha value is -2.47. The van der Waals surface area contributed by atoms with Crippen LogP contribution in [0.5, 0.6) is 11.5 Å². The molecule has 2 unspecified atom stereocenters. The molecule has 1 aromatic rings. The molecular weight excluding hydrogens is 370 g/mol. The van der Waals surface area contributed by atoms with Gasteiger partial charge in [-0.2, -0.15) is 0 Å². The Balaban J connectivity index is 2.21. The summed E-state index contributed by atoms with van der Waals surface area (Å²) in [5, 5.41) is 13.3. The first-order chi connectivity index (χ1) is 12.9. The zero-order chi connectivity index (χ0) is 19.7. The molecule has 27 heavy (non-hydrogen) atoms. The van der Waals surface area contributed by atoms with Crippen LogP contribution in [0.15, 0.2) is 35.7 Å². The summed E-state index contributed by atoms with van der Waals surface area (Å²) in [7, 11) is 1.41. The Morgan fingerprint density at radius 1 is 1.41 bits per heavy atom. The number of esters is 1. The van der Waals surface area contributed by atoms with Gasteiger partial charge in [-0.15, -0.1) is 0 Å². The summed E-state index contributed by atoms with van der Waals surface area (Å²) in [6.07, 6.45) is 1.87. The van der Waals surface area contributed by atoms with Gasteiger partial charge in [0.25, 0.3) is 0 Å². The smallest absolute Gasteiger partial charge is 0.315 e. The zero-order valence-electron chi connectivity index (χ0n) is 15.3. The highest BCUT2D eigenvalue weighted by molar-refractivity contribution is 6.32. The molecule has 0 spiro atoms. The van der Waals surface area contributed by atoms with E-state index >= 15 is 0 Å². The van der Waals surface area contributed by atoms with Gasteiger partial charge < -0.3 is 19.9 Å². The number of nitrogens with one attached hydrogen (secondary N) is 1. The first kappa shape index (κ1) is 19.3. The van der Waals surface area contributed by atoms with Crippen molar-refractivity contribution in [2.75, 3.05) is 13.7 Å². The summed E-state index contributed by atoms with van der Waals surface area (Å²) in [5.41, 5.74) is 2.41. The van der Waals surface area contributed by atoms with E-state index in [9.17, 15) is 14.7 Å². The van der Waals surface area contributed by atoms with Crippen molar-refractivity contribution in [3.63, 3.8) is 0 Å².